The van der Waals surface area contributed by atoms with E-state index in [-0.39, 0.29) is 24.7 Å². The summed E-state index contributed by atoms with van der Waals surface area (Å²) >= 11 is 0. The number of nitrogens with zero attached hydrogens (tertiary/aromatic N) is 1. The number of hydrogen-bond donors (Lipinski definition) is 2. The van der Waals surface area contributed by atoms with Crippen LogP contribution in [0.5, 0.6) is 0 Å². The van der Waals surface area contributed by atoms with Crippen LogP contribution in [0.3, 0.4) is 0 Å². The first-order valence-electron chi connectivity index (χ1n) is 8.34. The van der Waals surface area contributed by atoms with E-state index in [4.69, 9.17) is 5.11 Å². The van der Waals surface area contributed by atoms with Gasteiger partial charge >= 0.3 is 5.97 Å². The minimum absolute atomic E-state index is 0.0604. The Balaban J connectivity index is 2.41. The molecule has 2 amide bonds. The minimum atomic E-state index is -0.845. The summed E-state index contributed by atoms with van der Waals surface area (Å²) in [6, 6.07) is 7.17. The standard InChI is InChI=1S/C18H26N2O4/c1-3-20(4-2)17(22)10-6-9-16(21)19-15-8-5-7-14(13-15)11-12-18(23)24/h5,7-8,13H,3-4,6,9-12H2,1-2H3,(H,19,21)(H,23,24). The third-order valence-corrected chi connectivity index (χ3v) is 3.75. The number of amides is 2. The highest BCUT2D eigenvalue weighted by atomic mass is 16.4. The molecule has 0 spiro atoms. The number of benzene rings is 1. The van der Waals surface area contributed by atoms with E-state index in [2.05, 4.69) is 5.32 Å². The average Bonchev–Trinajstić information content (AvgIpc) is 2.54. The number of carbonyl (C=O) groups is 3. The summed E-state index contributed by atoms with van der Waals surface area (Å²) in [6.07, 6.45) is 1.66. The molecule has 0 aromatic heterocycles. The first-order chi connectivity index (χ1) is 11.5. The van der Waals surface area contributed by atoms with Gasteiger partial charge in [-0.3, -0.25) is 14.4 Å². The Hall–Kier alpha value is -2.37. The fourth-order valence-electron chi connectivity index (χ4n) is 2.41. The van der Waals surface area contributed by atoms with E-state index in [9.17, 15) is 14.4 Å². The van der Waals surface area contributed by atoms with Crippen LogP contribution in [0.1, 0.15) is 45.1 Å². The molecular formula is C18H26N2O4. The van der Waals surface area contributed by atoms with Gasteiger partial charge in [0.25, 0.3) is 0 Å². The van der Waals surface area contributed by atoms with Gasteiger partial charge in [-0.05, 0) is 44.4 Å². The molecule has 1 rings (SSSR count). The van der Waals surface area contributed by atoms with E-state index in [1.807, 2.05) is 19.9 Å². The zero-order valence-electron chi connectivity index (χ0n) is 14.4. The van der Waals surface area contributed by atoms with Crippen molar-refractivity contribution >= 4 is 23.5 Å². The zero-order valence-corrected chi connectivity index (χ0v) is 14.4. The zero-order chi connectivity index (χ0) is 17.9. The van der Waals surface area contributed by atoms with Crippen molar-refractivity contribution in [3.8, 4) is 0 Å². The summed E-state index contributed by atoms with van der Waals surface area (Å²) in [6.45, 7) is 5.24. The van der Waals surface area contributed by atoms with Gasteiger partial charge in [0.1, 0.15) is 0 Å². The van der Waals surface area contributed by atoms with Crippen molar-refractivity contribution in [2.45, 2.75) is 46.0 Å². The second-order valence-corrected chi connectivity index (χ2v) is 5.56. The molecule has 0 aliphatic rings. The first kappa shape index (κ1) is 19.7. The summed E-state index contributed by atoms with van der Waals surface area (Å²) < 4.78 is 0. The number of hydrogen-bond acceptors (Lipinski definition) is 3. The molecule has 132 valence electrons. The van der Waals surface area contributed by atoms with Crippen molar-refractivity contribution < 1.29 is 19.5 Å². The van der Waals surface area contributed by atoms with Crippen molar-refractivity contribution in [3.05, 3.63) is 29.8 Å². The van der Waals surface area contributed by atoms with Crippen molar-refractivity contribution in [2.75, 3.05) is 18.4 Å². The highest BCUT2D eigenvalue weighted by Gasteiger charge is 2.10. The van der Waals surface area contributed by atoms with Crippen LogP contribution in [-0.4, -0.2) is 40.9 Å². The van der Waals surface area contributed by atoms with Crippen LogP contribution in [0.15, 0.2) is 24.3 Å². The molecule has 0 saturated heterocycles. The number of carboxylic acids is 1. The number of carbonyl (C=O) groups excluding carboxylic acids is 2. The molecule has 6 heteroatoms. The van der Waals surface area contributed by atoms with Gasteiger partial charge in [-0.25, -0.2) is 0 Å². The molecule has 0 fully saturated rings. The predicted octanol–water partition coefficient (Wildman–Crippen LogP) is 2.68. The van der Waals surface area contributed by atoms with Crippen LogP contribution in [-0.2, 0) is 20.8 Å². The maximum absolute atomic E-state index is 12.0. The van der Waals surface area contributed by atoms with Crippen LogP contribution in [0.2, 0.25) is 0 Å². The Labute approximate surface area is 142 Å². The molecular weight excluding hydrogens is 308 g/mol. The molecule has 0 atom stereocenters. The molecule has 0 saturated carbocycles. The van der Waals surface area contributed by atoms with Crippen LogP contribution in [0, 0.1) is 0 Å². The second-order valence-electron chi connectivity index (χ2n) is 5.56. The van der Waals surface area contributed by atoms with Crippen LogP contribution < -0.4 is 5.32 Å². The first-order valence-corrected chi connectivity index (χ1v) is 8.34. The molecule has 0 bridgehead atoms. The van der Waals surface area contributed by atoms with Crippen molar-refractivity contribution in [1.82, 2.24) is 4.90 Å². The quantitative estimate of drug-likeness (QED) is 0.689. The predicted molar refractivity (Wildman–Crippen MR) is 92.8 cm³/mol. The lowest BCUT2D eigenvalue weighted by Gasteiger charge is -2.18. The highest BCUT2D eigenvalue weighted by Crippen LogP contribution is 2.13. The molecule has 1 aromatic carbocycles. The van der Waals surface area contributed by atoms with Crippen LogP contribution in [0.4, 0.5) is 5.69 Å². The molecule has 1 aromatic rings. The lowest BCUT2D eigenvalue weighted by Crippen LogP contribution is -2.30. The molecule has 0 aliphatic heterocycles. The third kappa shape index (κ3) is 7.26. The van der Waals surface area contributed by atoms with Gasteiger partial charge in [-0.1, -0.05) is 12.1 Å². The van der Waals surface area contributed by atoms with Gasteiger partial charge in [-0.15, -0.1) is 0 Å². The van der Waals surface area contributed by atoms with Gasteiger partial charge in [-0.2, -0.15) is 0 Å². The minimum Gasteiger partial charge on any atom is -0.481 e. The molecule has 2 N–H and O–H groups in total. The number of nitrogens with one attached hydrogen (secondary N) is 1. The lowest BCUT2D eigenvalue weighted by molar-refractivity contribution is -0.137. The normalized spacial score (nSPS) is 10.2. The average molecular weight is 334 g/mol. The van der Waals surface area contributed by atoms with Gasteiger partial charge in [0.2, 0.25) is 11.8 Å². The second kappa shape index (κ2) is 10.4. The van der Waals surface area contributed by atoms with Gasteiger partial charge < -0.3 is 15.3 Å². The Morgan fingerprint density at radius 3 is 2.42 bits per heavy atom. The maximum Gasteiger partial charge on any atom is 0.303 e. The van der Waals surface area contributed by atoms with Crippen molar-refractivity contribution in [3.63, 3.8) is 0 Å². The summed E-state index contributed by atoms with van der Waals surface area (Å²) in [5.74, 6) is -0.913. The molecule has 24 heavy (non-hydrogen) atoms. The monoisotopic (exact) mass is 334 g/mol. The van der Waals surface area contributed by atoms with Crippen LogP contribution >= 0.6 is 0 Å². The third-order valence-electron chi connectivity index (χ3n) is 3.75. The largest absolute Gasteiger partial charge is 0.481 e. The summed E-state index contributed by atoms with van der Waals surface area (Å²) in [7, 11) is 0. The maximum atomic E-state index is 12.0. The topological polar surface area (TPSA) is 86.7 Å². The number of carboxylic acid groups (broad SMARTS) is 1. The highest BCUT2D eigenvalue weighted by molar-refractivity contribution is 5.91. The van der Waals surface area contributed by atoms with E-state index in [1.54, 1.807) is 23.1 Å². The Kier molecular flexibility index (Phi) is 8.54. The number of aliphatic carboxylic acids is 1. The SMILES string of the molecule is CCN(CC)C(=O)CCCC(=O)Nc1cccc(CCC(=O)O)c1. The number of anilines is 1. The molecule has 0 unspecified atom stereocenters. The van der Waals surface area contributed by atoms with E-state index in [0.717, 1.165) is 5.56 Å². The fraction of sp³-hybridized carbons (Fsp3) is 0.500. The molecule has 0 aliphatic carbocycles. The Morgan fingerprint density at radius 1 is 1.08 bits per heavy atom. The number of aryl methyl sites for hydroxylation is 1. The lowest BCUT2D eigenvalue weighted by atomic mass is 10.1. The van der Waals surface area contributed by atoms with Gasteiger partial charge in [0.15, 0.2) is 0 Å². The molecule has 0 heterocycles. The number of rotatable bonds is 10. The van der Waals surface area contributed by atoms with E-state index in [0.29, 0.717) is 38.0 Å². The smallest absolute Gasteiger partial charge is 0.303 e. The van der Waals surface area contributed by atoms with E-state index < -0.39 is 5.97 Å². The van der Waals surface area contributed by atoms with Crippen molar-refractivity contribution in [2.24, 2.45) is 0 Å². The Bertz CT molecular complexity index is 568. The Morgan fingerprint density at radius 2 is 1.79 bits per heavy atom. The van der Waals surface area contributed by atoms with E-state index >= 15 is 0 Å². The van der Waals surface area contributed by atoms with Crippen molar-refractivity contribution in [1.29, 1.82) is 0 Å². The van der Waals surface area contributed by atoms with Gasteiger partial charge in [0, 0.05) is 38.0 Å². The summed E-state index contributed by atoms with van der Waals surface area (Å²) in [5, 5.41) is 11.5. The van der Waals surface area contributed by atoms with Gasteiger partial charge in [0.05, 0.1) is 0 Å². The summed E-state index contributed by atoms with van der Waals surface area (Å²) in [4.78, 5) is 36.2. The molecule has 6 nitrogen and oxygen atoms in total. The van der Waals surface area contributed by atoms with Crippen LogP contribution in [0.25, 0.3) is 0 Å². The fourth-order valence-corrected chi connectivity index (χ4v) is 2.41. The van der Waals surface area contributed by atoms with E-state index in [1.165, 1.54) is 0 Å². The summed E-state index contributed by atoms with van der Waals surface area (Å²) in [5.41, 5.74) is 1.52. The molecule has 0 radical (unpaired) electrons.